The summed E-state index contributed by atoms with van der Waals surface area (Å²) in [5.74, 6) is -0.121. The standard InChI is InChI=1S/C21H30N2O2Si/c1-16(20(24)17-11-7-5-8-12-17)23(2)21(25)19(22)15-26(3,4)18-13-9-6-10-14-18/h5-14,16,19-20,24H,15,22H2,1-4H3/t16-,19+,20+/m1/s1. The molecule has 26 heavy (non-hydrogen) atoms. The number of aliphatic hydroxyl groups is 1. The number of amides is 1. The van der Waals surface area contributed by atoms with Gasteiger partial charge in [-0.1, -0.05) is 78.9 Å². The van der Waals surface area contributed by atoms with Crippen LogP contribution in [0.4, 0.5) is 0 Å². The Balaban J connectivity index is 2.05. The third kappa shape index (κ3) is 4.81. The van der Waals surface area contributed by atoms with Crippen molar-refractivity contribution in [2.45, 2.75) is 44.2 Å². The molecule has 0 aromatic heterocycles. The number of hydrogen-bond donors (Lipinski definition) is 2. The molecule has 1 amide bonds. The summed E-state index contributed by atoms with van der Waals surface area (Å²) in [5.41, 5.74) is 7.08. The first-order valence-corrected chi connectivity index (χ1v) is 12.3. The summed E-state index contributed by atoms with van der Waals surface area (Å²) in [5, 5.41) is 11.9. The third-order valence-corrected chi connectivity index (χ3v) is 8.52. The highest BCUT2D eigenvalue weighted by atomic mass is 28.3. The lowest BCUT2D eigenvalue weighted by Gasteiger charge is -2.33. The van der Waals surface area contributed by atoms with E-state index >= 15 is 0 Å². The summed E-state index contributed by atoms with van der Waals surface area (Å²) in [6.07, 6.45) is -0.739. The molecule has 3 atom stereocenters. The number of aliphatic hydroxyl groups excluding tert-OH is 1. The van der Waals surface area contributed by atoms with Crippen molar-refractivity contribution in [2.24, 2.45) is 5.73 Å². The van der Waals surface area contributed by atoms with E-state index in [2.05, 4.69) is 25.2 Å². The van der Waals surface area contributed by atoms with E-state index in [0.717, 1.165) is 5.56 Å². The Morgan fingerprint density at radius 1 is 1.08 bits per heavy atom. The quantitative estimate of drug-likeness (QED) is 0.736. The van der Waals surface area contributed by atoms with E-state index in [0.29, 0.717) is 6.04 Å². The van der Waals surface area contributed by atoms with Crippen LogP contribution < -0.4 is 10.9 Å². The van der Waals surface area contributed by atoms with Crippen molar-refractivity contribution in [3.8, 4) is 0 Å². The lowest BCUT2D eigenvalue weighted by Crippen LogP contribution is -2.53. The van der Waals surface area contributed by atoms with Crippen molar-refractivity contribution >= 4 is 19.2 Å². The van der Waals surface area contributed by atoms with Crippen LogP contribution in [0.15, 0.2) is 60.7 Å². The molecule has 0 aliphatic carbocycles. The summed E-state index contributed by atoms with van der Waals surface area (Å²) in [4.78, 5) is 14.4. The van der Waals surface area contributed by atoms with Gasteiger partial charge in [-0.15, -0.1) is 0 Å². The van der Waals surface area contributed by atoms with Crippen molar-refractivity contribution in [1.82, 2.24) is 4.90 Å². The number of rotatable bonds is 7. The zero-order chi connectivity index (χ0) is 19.3. The maximum atomic E-state index is 12.8. The Hall–Kier alpha value is -1.95. The Bertz CT molecular complexity index is 706. The first-order chi connectivity index (χ1) is 12.2. The van der Waals surface area contributed by atoms with Crippen molar-refractivity contribution in [1.29, 1.82) is 0 Å². The lowest BCUT2D eigenvalue weighted by atomic mass is 10.0. The van der Waals surface area contributed by atoms with Gasteiger partial charge in [-0.05, 0) is 18.5 Å². The molecule has 2 rings (SSSR count). The van der Waals surface area contributed by atoms with E-state index in [1.165, 1.54) is 5.19 Å². The molecule has 0 saturated heterocycles. The molecule has 0 spiro atoms. The number of hydrogen-bond acceptors (Lipinski definition) is 3. The van der Waals surface area contributed by atoms with Gasteiger partial charge in [0.05, 0.1) is 26.3 Å². The smallest absolute Gasteiger partial charge is 0.239 e. The summed E-state index contributed by atoms with van der Waals surface area (Å²) >= 11 is 0. The molecule has 140 valence electrons. The highest BCUT2D eigenvalue weighted by Gasteiger charge is 2.32. The molecule has 0 bridgehead atoms. The van der Waals surface area contributed by atoms with E-state index in [1.807, 2.05) is 55.5 Å². The first-order valence-electron chi connectivity index (χ1n) is 9.05. The van der Waals surface area contributed by atoms with Crippen LogP contribution in [0.3, 0.4) is 0 Å². The van der Waals surface area contributed by atoms with Gasteiger partial charge in [-0.3, -0.25) is 4.79 Å². The van der Waals surface area contributed by atoms with Crippen molar-refractivity contribution < 1.29 is 9.90 Å². The molecule has 3 N–H and O–H groups in total. The normalized spacial score (nSPS) is 15.2. The number of benzene rings is 2. The van der Waals surface area contributed by atoms with E-state index in [4.69, 9.17) is 5.73 Å². The van der Waals surface area contributed by atoms with E-state index in [9.17, 15) is 9.90 Å². The van der Waals surface area contributed by atoms with Crippen molar-refractivity contribution in [2.75, 3.05) is 7.05 Å². The number of nitrogens with zero attached hydrogens (tertiary/aromatic N) is 1. The van der Waals surface area contributed by atoms with Gasteiger partial charge in [-0.2, -0.15) is 0 Å². The first kappa shape index (κ1) is 20.4. The fourth-order valence-electron chi connectivity index (χ4n) is 3.25. The molecule has 4 nitrogen and oxygen atoms in total. The van der Waals surface area contributed by atoms with E-state index in [-0.39, 0.29) is 11.9 Å². The molecule has 0 radical (unpaired) electrons. The van der Waals surface area contributed by atoms with Gasteiger partial charge in [0.15, 0.2) is 0 Å². The van der Waals surface area contributed by atoms with E-state index in [1.54, 1.807) is 11.9 Å². The molecule has 0 aliphatic rings. The maximum absolute atomic E-state index is 12.8. The largest absolute Gasteiger partial charge is 0.386 e. The predicted molar refractivity (Wildman–Crippen MR) is 110 cm³/mol. The number of likely N-dealkylation sites (N-methyl/N-ethyl adjacent to an activating group) is 1. The maximum Gasteiger partial charge on any atom is 0.239 e. The topological polar surface area (TPSA) is 66.6 Å². The molecule has 5 heteroatoms. The van der Waals surface area contributed by atoms with Gasteiger partial charge in [0, 0.05) is 7.05 Å². The summed E-state index contributed by atoms with van der Waals surface area (Å²) in [6.45, 7) is 6.32. The average Bonchev–Trinajstić information content (AvgIpc) is 2.66. The minimum Gasteiger partial charge on any atom is -0.386 e. The van der Waals surface area contributed by atoms with Crippen LogP contribution in [0, 0.1) is 0 Å². The van der Waals surface area contributed by atoms with E-state index < -0.39 is 20.2 Å². The summed E-state index contributed by atoms with van der Waals surface area (Å²) in [6, 6.07) is 19.5. The second-order valence-electron chi connectivity index (χ2n) is 7.61. The van der Waals surface area contributed by atoms with Crippen LogP contribution in [0.2, 0.25) is 19.1 Å². The Kier molecular flexibility index (Phi) is 6.75. The third-order valence-electron chi connectivity index (χ3n) is 5.16. The molecular weight excluding hydrogens is 340 g/mol. The number of carbonyl (C=O) groups is 1. The van der Waals surface area contributed by atoms with Crippen LogP contribution in [0.5, 0.6) is 0 Å². The molecule has 2 aromatic carbocycles. The fourth-order valence-corrected chi connectivity index (χ4v) is 5.85. The van der Waals surface area contributed by atoms with Crippen LogP contribution in [0.25, 0.3) is 0 Å². The Morgan fingerprint density at radius 3 is 2.12 bits per heavy atom. The number of nitrogens with two attached hydrogens (primary N) is 1. The van der Waals surface area contributed by atoms with Gasteiger partial charge in [0.1, 0.15) is 0 Å². The molecule has 0 saturated carbocycles. The van der Waals surface area contributed by atoms with Gasteiger partial charge < -0.3 is 15.7 Å². The van der Waals surface area contributed by atoms with Gasteiger partial charge >= 0.3 is 0 Å². The van der Waals surface area contributed by atoms with Gasteiger partial charge in [0.2, 0.25) is 5.91 Å². The minimum absolute atomic E-state index is 0.121. The van der Waals surface area contributed by atoms with Crippen LogP contribution in [-0.2, 0) is 4.79 Å². The molecule has 0 fully saturated rings. The second-order valence-corrected chi connectivity index (χ2v) is 12.4. The fraction of sp³-hybridized carbons (Fsp3) is 0.381. The minimum atomic E-state index is -1.81. The second kappa shape index (κ2) is 8.62. The average molecular weight is 371 g/mol. The van der Waals surface area contributed by atoms with Crippen LogP contribution in [0.1, 0.15) is 18.6 Å². The lowest BCUT2D eigenvalue weighted by molar-refractivity contribution is -0.134. The summed E-state index contributed by atoms with van der Waals surface area (Å²) < 4.78 is 0. The molecule has 0 heterocycles. The Morgan fingerprint density at radius 2 is 1.58 bits per heavy atom. The number of carbonyl (C=O) groups excluding carboxylic acids is 1. The summed E-state index contributed by atoms with van der Waals surface area (Å²) in [7, 11) is -0.0937. The molecule has 2 aromatic rings. The highest BCUT2D eigenvalue weighted by molar-refractivity contribution is 6.90. The van der Waals surface area contributed by atoms with Crippen molar-refractivity contribution in [3.05, 3.63) is 66.2 Å². The van der Waals surface area contributed by atoms with Gasteiger partial charge in [0.25, 0.3) is 0 Å². The SMILES string of the molecule is C[C@H]([C@H](O)c1ccccc1)N(C)C(=O)[C@@H](N)C[Si](C)(C)c1ccccc1. The highest BCUT2D eigenvalue weighted by Crippen LogP contribution is 2.21. The van der Waals surface area contributed by atoms with Crippen LogP contribution in [-0.4, -0.2) is 43.1 Å². The monoisotopic (exact) mass is 370 g/mol. The van der Waals surface area contributed by atoms with Crippen LogP contribution >= 0.6 is 0 Å². The zero-order valence-corrected chi connectivity index (χ0v) is 17.1. The predicted octanol–water partition coefficient (Wildman–Crippen LogP) is 2.51. The van der Waals surface area contributed by atoms with Crippen molar-refractivity contribution in [3.63, 3.8) is 0 Å². The Labute approximate surface area is 157 Å². The molecular formula is C21H30N2O2Si. The molecule has 0 aliphatic heterocycles. The molecule has 0 unspecified atom stereocenters. The van der Waals surface area contributed by atoms with Gasteiger partial charge in [-0.25, -0.2) is 0 Å². The zero-order valence-electron chi connectivity index (χ0n) is 16.1.